The minimum absolute atomic E-state index is 0.196. The van der Waals surface area contributed by atoms with Crippen LogP contribution in [0.25, 0.3) is 6.08 Å². The smallest absolute Gasteiger partial charge is 0.341 e. The Morgan fingerprint density at radius 2 is 1.87 bits per heavy atom. The highest BCUT2D eigenvalue weighted by atomic mass is 79.9. The molecular weight excluding hydrogens is 474 g/mol. The van der Waals surface area contributed by atoms with Gasteiger partial charge in [-0.25, -0.2) is 4.79 Å². The minimum atomic E-state index is -1.10. The molecule has 1 saturated heterocycles. The molecule has 1 aliphatic heterocycles. The Balaban J connectivity index is 1.79. The third-order valence-electron chi connectivity index (χ3n) is 4.04. The summed E-state index contributed by atoms with van der Waals surface area (Å²) in [6.45, 7) is 1.85. The van der Waals surface area contributed by atoms with Crippen LogP contribution >= 0.6 is 27.7 Å². The number of rotatable bonds is 8. The molecule has 0 bridgehead atoms. The number of ether oxygens (including phenoxy) is 2. The first kappa shape index (κ1) is 21.9. The van der Waals surface area contributed by atoms with Crippen LogP contribution in [0.5, 0.6) is 11.5 Å². The number of amides is 2. The lowest BCUT2D eigenvalue weighted by atomic mass is 10.1. The lowest BCUT2D eigenvalue weighted by Crippen LogP contribution is -2.27. The average Bonchev–Trinajstić information content (AvgIpc) is 2.96. The maximum Gasteiger partial charge on any atom is 0.341 e. The van der Waals surface area contributed by atoms with Gasteiger partial charge in [-0.05, 0) is 60.2 Å². The van der Waals surface area contributed by atoms with Crippen LogP contribution in [0.1, 0.15) is 18.1 Å². The second-order valence-electron chi connectivity index (χ2n) is 6.22. The van der Waals surface area contributed by atoms with E-state index in [9.17, 15) is 14.4 Å². The predicted octanol–water partition coefficient (Wildman–Crippen LogP) is 4.55. The quantitative estimate of drug-likeness (QED) is 0.541. The van der Waals surface area contributed by atoms with Gasteiger partial charge in [0, 0.05) is 4.47 Å². The fourth-order valence-electron chi connectivity index (χ4n) is 2.70. The first-order chi connectivity index (χ1) is 14.4. The van der Waals surface area contributed by atoms with E-state index in [2.05, 4.69) is 15.9 Å². The van der Waals surface area contributed by atoms with Gasteiger partial charge in [0.1, 0.15) is 0 Å². The zero-order valence-corrected chi connectivity index (χ0v) is 18.4. The van der Waals surface area contributed by atoms with E-state index in [1.54, 1.807) is 31.2 Å². The van der Waals surface area contributed by atoms with Gasteiger partial charge in [0.05, 0.1) is 18.1 Å². The first-order valence-electron chi connectivity index (χ1n) is 8.98. The summed E-state index contributed by atoms with van der Waals surface area (Å²) in [6.07, 6.45) is 1.61. The second kappa shape index (κ2) is 9.82. The van der Waals surface area contributed by atoms with Crippen LogP contribution in [0.4, 0.5) is 4.79 Å². The molecule has 30 heavy (non-hydrogen) atoms. The summed E-state index contributed by atoms with van der Waals surface area (Å²) in [6, 6.07) is 12.3. The molecular formula is C21H18BrNO6S. The Morgan fingerprint density at radius 3 is 2.53 bits per heavy atom. The second-order valence-corrected chi connectivity index (χ2v) is 8.12. The summed E-state index contributed by atoms with van der Waals surface area (Å²) in [4.78, 5) is 37.3. The van der Waals surface area contributed by atoms with Gasteiger partial charge in [-0.1, -0.05) is 34.1 Å². The van der Waals surface area contributed by atoms with E-state index in [1.807, 2.05) is 24.3 Å². The zero-order chi connectivity index (χ0) is 21.7. The summed E-state index contributed by atoms with van der Waals surface area (Å²) < 4.78 is 11.7. The van der Waals surface area contributed by atoms with Gasteiger partial charge >= 0.3 is 5.97 Å². The van der Waals surface area contributed by atoms with E-state index in [0.29, 0.717) is 28.6 Å². The highest BCUT2D eigenvalue weighted by Gasteiger charge is 2.35. The molecule has 1 fully saturated rings. The van der Waals surface area contributed by atoms with Crippen LogP contribution in [0.15, 0.2) is 51.8 Å². The zero-order valence-electron chi connectivity index (χ0n) is 16.0. The van der Waals surface area contributed by atoms with Crippen LogP contribution in [-0.4, -0.2) is 40.3 Å². The predicted molar refractivity (Wildman–Crippen MR) is 116 cm³/mol. The monoisotopic (exact) mass is 491 g/mol. The summed E-state index contributed by atoms with van der Waals surface area (Å²) in [5, 5.41) is 8.45. The molecule has 0 spiro atoms. The summed E-state index contributed by atoms with van der Waals surface area (Å²) in [5.74, 6) is -0.806. The summed E-state index contributed by atoms with van der Waals surface area (Å²) >= 11 is 4.23. The van der Waals surface area contributed by atoms with E-state index in [1.165, 1.54) is 4.90 Å². The Hall–Kier alpha value is -2.78. The third kappa shape index (κ3) is 5.43. The van der Waals surface area contributed by atoms with Crippen molar-refractivity contribution in [1.29, 1.82) is 0 Å². The van der Waals surface area contributed by atoms with E-state index >= 15 is 0 Å². The molecule has 7 nitrogen and oxygen atoms in total. The van der Waals surface area contributed by atoms with Crippen molar-refractivity contribution in [3.05, 3.63) is 63.0 Å². The number of benzene rings is 2. The molecule has 2 aromatic rings. The topological polar surface area (TPSA) is 93.1 Å². The van der Waals surface area contributed by atoms with Crippen LogP contribution in [-0.2, 0) is 16.1 Å². The summed E-state index contributed by atoms with van der Waals surface area (Å²) in [5.41, 5.74) is 1.48. The lowest BCUT2D eigenvalue weighted by Gasteiger charge is -2.12. The molecule has 1 heterocycles. The molecule has 156 valence electrons. The number of imide groups is 1. The highest BCUT2D eigenvalue weighted by molar-refractivity contribution is 9.10. The fraction of sp³-hybridized carbons (Fsp3) is 0.190. The van der Waals surface area contributed by atoms with Crippen molar-refractivity contribution >= 4 is 50.9 Å². The van der Waals surface area contributed by atoms with Crippen molar-refractivity contribution in [2.75, 3.05) is 13.2 Å². The Kier molecular flexibility index (Phi) is 7.17. The number of thioether (sulfide) groups is 1. The average molecular weight is 492 g/mol. The molecule has 0 aliphatic carbocycles. The molecule has 0 saturated carbocycles. The standard InChI is InChI=1S/C21H18BrNO6S/c1-2-28-17-9-14(5-8-16(17)29-12-19(24)25)10-18-20(26)23(21(27)30-18)11-13-3-6-15(22)7-4-13/h3-10H,2,11-12H2,1H3,(H,24,25)/b18-10-. The maximum atomic E-state index is 12.7. The number of nitrogens with zero attached hydrogens (tertiary/aromatic N) is 1. The fourth-order valence-corrected chi connectivity index (χ4v) is 3.80. The number of carbonyl (C=O) groups is 3. The van der Waals surface area contributed by atoms with E-state index in [-0.39, 0.29) is 17.7 Å². The van der Waals surface area contributed by atoms with Crippen molar-refractivity contribution in [2.24, 2.45) is 0 Å². The maximum absolute atomic E-state index is 12.7. The molecule has 2 amide bonds. The minimum Gasteiger partial charge on any atom is -0.490 e. The van der Waals surface area contributed by atoms with Gasteiger partial charge in [-0.15, -0.1) is 0 Å². The molecule has 3 rings (SSSR count). The van der Waals surface area contributed by atoms with Crippen molar-refractivity contribution < 1.29 is 29.0 Å². The highest BCUT2D eigenvalue weighted by Crippen LogP contribution is 2.35. The molecule has 9 heteroatoms. The molecule has 0 atom stereocenters. The Morgan fingerprint density at radius 1 is 1.13 bits per heavy atom. The number of hydrogen-bond donors (Lipinski definition) is 1. The van der Waals surface area contributed by atoms with Crippen molar-refractivity contribution in [1.82, 2.24) is 4.90 Å². The van der Waals surface area contributed by atoms with Crippen LogP contribution in [0.3, 0.4) is 0 Å². The van der Waals surface area contributed by atoms with Crippen molar-refractivity contribution in [2.45, 2.75) is 13.5 Å². The SMILES string of the molecule is CCOc1cc(/C=C2\SC(=O)N(Cc3ccc(Br)cc3)C2=O)ccc1OCC(=O)O. The van der Waals surface area contributed by atoms with E-state index in [4.69, 9.17) is 14.6 Å². The van der Waals surface area contributed by atoms with Gasteiger partial charge in [0.15, 0.2) is 18.1 Å². The lowest BCUT2D eigenvalue weighted by molar-refractivity contribution is -0.139. The largest absolute Gasteiger partial charge is 0.490 e. The number of halogens is 1. The molecule has 0 radical (unpaired) electrons. The van der Waals surface area contributed by atoms with Gasteiger partial charge in [-0.3, -0.25) is 14.5 Å². The van der Waals surface area contributed by atoms with Crippen molar-refractivity contribution in [3.63, 3.8) is 0 Å². The molecule has 0 unspecified atom stereocenters. The molecule has 1 aliphatic rings. The molecule has 1 N–H and O–H groups in total. The van der Waals surface area contributed by atoms with Crippen LogP contribution in [0.2, 0.25) is 0 Å². The Bertz CT molecular complexity index is 1010. The van der Waals surface area contributed by atoms with E-state index in [0.717, 1.165) is 21.8 Å². The number of hydrogen-bond acceptors (Lipinski definition) is 6. The molecule has 2 aromatic carbocycles. The number of aliphatic carboxylic acids is 1. The van der Waals surface area contributed by atoms with Gasteiger partial charge in [-0.2, -0.15) is 0 Å². The van der Waals surface area contributed by atoms with Crippen molar-refractivity contribution in [3.8, 4) is 11.5 Å². The van der Waals surface area contributed by atoms with Gasteiger partial charge in [0.2, 0.25) is 0 Å². The van der Waals surface area contributed by atoms with E-state index < -0.39 is 12.6 Å². The number of carbonyl (C=O) groups excluding carboxylic acids is 2. The van der Waals surface area contributed by atoms with Gasteiger partial charge < -0.3 is 14.6 Å². The first-order valence-corrected chi connectivity index (χ1v) is 10.6. The van der Waals surface area contributed by atoms with Crippen LogP contribution < -0.4 is 9.47 Å². The van der Waals surface area contributed by atoms with Crippen LogP contribution in [0, 0.1) is 0 Å². The number of carboxylic acids is 1. The third-order valence-corrected chi connectivity index (χ3v) is 5.48. The van der Waals surface area contributed by atoms with Gasteiger partial charge in [0.25, 0.3) is 11.1 Å². The number of carboxylic acid groups (broad SMARTS) is 1. The Labute approximate surface area is 185 Å². The normalized spacial score (nSPS) is 15.0. The molecule has 0 aromatic heterocycles. The summed E-state index contributed by atoms with van der Waals surface area (Å²) in [7, 11) is 0.